The van der Waals surface area contributed by atoms with Crippen LogP contribution in [0.3, 0.4) is 0 Å². The summed E-state index contributed by atoms with van der Waals surface area (Å²) >= 11 is 7.42. The molecule has 6 heteroatoms. The van der Waals surface area contributed by atoms with Crippen LogP contribution >= 0.6 is 23.4 Å². The predicted molar refractivity (Wildman–Crippen MR) is 57.8 cm³/mol. The third kappa shape index (κ3) is 2.70. The van der Waals surface area contributed by atoms with Gasteiger partial charge in [0.15, 0.2) is 5.82 Å². The van der Waals surface area contributed by atoms with Gasteiger partial charge in [0.25, 0.3) is 0 Å². The van der Waals surface area contributed by atoms with E-state index >= 15 is 0 Å². The van der Waals surface area contributed by atoms with Crippen molar-refractivity contribution in [1.82, 2.24) is 15.1 Å². The fourth-order valence-corrected chi connectivity index (χ4v) is 2.01. The minimum atomic E-state index is 0.581. The van der Waals surface area contributed by atoms with Gasteiger partial charge in [-0.2, -0.15) is 4.98 Å². The van der Waals surface area contributed by atoms with Crippen LogP contribution in [0.25, 0.3) is 0 Å². The van der Waals surface area contributed by atoms with Crippen LogP contribution in [0.4, 0.5) is 0 Å². The Bertz CT molecular complexity index is 460. The van der Waals surface area contributed by atoms with E-state index in [-0.39, 0.29) is 0 Å². The molecule has 2 aromatic heterocycles. The first-order valence-electron chi connectivity index (χ1n) is 4.28. The molecule has 0 saturated carbocycles. The molecule has 0 aromatic carbocycles. The van der Waals surface area contributed by atoms with Gasteiger partial charge < -0.3 is 4.52 Å². The van der Waals surface area contributed by atoms with Gasteiger partial charge in [-0.25, -0.2) is 4.98 Å². The molecule has 0 aliphatic heterocycles. The van der Waals surface area contributed by atoms with E-state index in [1.807, 2.05) is 0 Å². The lowest BCUT2D eigenvalue weighted by Gasteiger charge is -1.98. The van der Waals surface area contributed by atoms with Crippen molar-refractivity contribution >= 4 is 23.4 Å². The van der Waals surface area contributed by atoms with E-state index in [1.54, 1.807) is 25.3 Å². The third-order valence-corrected chi connectivity index (χ3v) is 3.03. The predicted octanol–water partition coefficient (Wildman–Crippen LogP) is 2.72. The largest absolute Gasteiger partial charge is 0.338 e. The molecule has 2 aromatic rings. The number of hydrogen-bond acceptors (Lipinski definition) is 5. The molecule has 78 valence electrons. The summed E-state index contributed by atoms with van der Waals surface area (Å²) in [6, 6.07) is 3.60. The van der Waals surface area contributed by atoms with Crippen LogP contribution in [-0.4, -0.2) is 15.1 Å². The van der Waals surface area contributed by atoms with Crippen LogP contribution in [0.1, 0.15) is 11.7 Å². The molecule has 15 heavy (non-hydrogen) atoms. The standard InChI is InChI=1S/C9H8ClN3OS/c1-6-12-8(14-13-6)5-15-9-7(10)3-2-4-11-9/h2-4H,5H2,1H3. The Morgan fingerprint density at radius 2 is 2.40 bits per heavy atom. The second kappa shape index (κ2) is 4.63. The Morgan fingerprint density at radius 1 is 1.53 bits per heavy atom. The maximum absolute atomic E-state index is 5.95. The summed E-state index contributed by atoms with van der Waals surface area (Å²) in [6.07, 6.45) is 1.70. The SMILES string of the molecule is Cc1noc(CSc2ncccc2Cl)n1. The summed E-state index contributed by atoms with van der Waals surface area (Å²) in [5, 5.41) is 5.11. The van der Waals surface area contributed by atoms with Crippen molar-refractivity contribution in [3.8, 4) is 0 Å². The zero-order valence-corrected chi connectivity index (χ0v) is 9.55. The van der Waals surface area contributed by atoms with Crippen LogP contribution < -0.4 is 0 Å². The zero-order chi connectivity index (χ0) is 10.7. The molecule has 0 amide bonds. The number of pyridine rings is 1. The average Bonchev–Trinajstić information content (AvgIpc) is 2.63. The highest BCUT2D eigenvalue weighted by Crippen LogP contribution is 2.26. The van der Waals surface area contributed by atoms with Crippen LogP contribution in [0, 0.1) is 6.92 Å². The fourth-order valence-electron chi connectivity index (χ4n) is 1.01. The Hall–Kier alpha value is -1.07. The first kappa shape index (κ1) is 10.4. The molecular formula is C9H8ClN3OS. The van der Waals surface area contributed by atoms with E-state index in [4.69, 9.17) is 16.1 Å². The number of thioether (sulfide) groups is 1. The van der Waals surface area contributed by atoms with Crippen LogP contribution in [0.15, 0.2) is 27.9 Å². The van der Waals surface area contributed by atoms with Gasteiger partial charge in [-0.3, -0.25) is 0 Å². The van der Waals surface area contributed by atoms with Crippen LogP contribution in [-0.2, 0) is 5.75 Å². The number of rotatable bonds is 3. The van der Waals surface area contributed by atoms with Crippen LogP contribution in [0.2, 0.25) is 5.02 Å². The van der Waals surface area contributed by atoms with E-state index in [0.29, 0.717) is 22.5 Å². The summed E-state index contributed by atoms with van der Waals surface area (Å²) in [5.41, 5.74) is 0. The monoisotopic (exact) mass is 241 g/mol. The van der Waals surface area contributed by atoms with E-state index in [9.17, 15) is 0 Å². The van der Waals surface area contributed by atoms with Gasteiger partial charge in [0, 0.05) is 6.20 Å². The maximum Gasteiger partial charge on any atom is 0.237 e. The Kier molecular flexibility index (Phi) is 3.23. The molecule has 0 aliphatic rings. The van der Waals surface area contributed by atoms with Gasteiger partial charge >= 0.3 is 0 Å². The molecule has 0 N–H and O–H groups in total. The highest BCUT2D eigenvalue weighted by molar-refractivity contribution is 7.98. The lowest BCUT2D eigenvalue weighted by atomic mass is 10.5. The lowest BCUT2D eigenvalue weighted by molar-refractivity contribution is 0.387. The molecule has 0 unspecified atom stereocenters. The highest BCUT2D eigenvalue weighted by atomic mass is 35.5. The second-order valence-electron chi connectivity index (χ2n) is 2.81. The first-order valence-corrected chi connectivity index (χ1v) is 5.64. The minimum Gasteiger partial charge on any atom is -0.338 e. The highest BCUT2D eigenvalue weighted by Gasteiger charge is 2.06. The molecule has 2 rings (SSSR count). The van der Waals surface area contributed by atoms with Crippen molar-refractivity contribution in [2.45, 2.75) is 17.7 Å². The van der Waals surface area contributed by atoms with Crippen LogP contribution in [0.5, 0.6) is 0 Å². The zero-order valence-electron chi connectivity index (χ0n) is 7.98. The molecule has 0 fully saturated rings. The smallest absolute Gasteiger partial charge is 0.237 e. The Morgan fingerprint density at radius 3 is 3.07 bits per heavy atom. The van der Waals surface area contributed by atoms with Crippen molar-refractivity contribution in [1.29, 1.82) is 0 Å². The number of aromatic nitrogens is 3. The molecule has 0 aliphatic carbocycles. The number of halogens is 1. The number of nitrogens with zero attached hydrogens (tertiary/aromatic N) is 3. The molecule has 2 heterocycles. The molecule has 0 radical (unpaired) electrons. The molecular weight excluding hydrogens is 234 g/mol. The summed E-state index contributed by atoms with van der Waals surface area (Å²) in [6.45, 7) is 1.78. The van der Waals surface area contributed by atoms with E-state index in [0.717, 1.165) is 5.03 Å². The van der Waals surface area contributed by atoms with Gasteiger partial charge in [0.05, 0.1) is 10.8 Å². The van der Waals surface area contributed by atoms with Crippen molar-refractivity contribution < 1.29 is 4.52 Å². The summed E-state index contributed by atoms with van der Waals surface area (Å²) in [4.78, 5) is 8.23. The van der Waals surface area contributed by atoms with Crippen molar-refractivity contribution in [2.75, 3.05) is 0 Å². The minimum absolute atomic E-state index is 0.581. The normalized spacial score (nSPS) is 10.5. The number of aryl methyl sites for hydroxylation is 1. The quantitative estimate of drug-likeness (QED) is 0.774. The van der Waals surface area contributed by atoms with Crippen molar-refractivity contribution in [2.24, 2.45) is 0 Å². The topological polar surface area (TPSA) is 51.8 Å². The fraction of sp³-hybridized carbons (Fsp3) is 0.222. The lowest BCUT2D eigenvalue weighted by Crippen LogP contribution is -1.84. The molecule has 0 bridgehead atoms. The average molecular weight is 242 g/mol. The van der Waals surface area contributed by atoms with E-state index in [1.165, 1.54) is 11.8 Å². The first-order chi connectivity index (χ1) is 7.25. The van der Waals surface area contributed by atoms with Gasteiger partial charge in [-0.15, -0.1) is 0 Å². The van der Waals surface area contributed by atoms with Crippen molar-refractivity contribution in [3.05, 3.63) is 35.1 Å². The third-order valence-electron chi connectivity index (χ3n) is 1.63. The van der Waals surface area contributed by atoms with Gasteiger partial charge in [-0.05, 0) is 19.1 Å². The van der Waals surface area contributed by atoms with E-state index in [2.05, 4.69) is 15.1 Å². The van der Waals surface area contributed by atoms with Crippen molar-refractivity contribution in [3.63, 3.8) is 0 Å². The summed E-state index contributed by atoms with van der Waals surface area (Å²) in [5.74, 6) is 1.80. The second-order valence-corrected chi connectivity index (χ2v) is 4.19. The van der Waals surface area contributed by atoms with Gasteiger partial charge in [0.2, 0.25) is 5.89 Å². The molecule has 0 spiro atoms. The summed E-state index contributed by atoms with van der Waals surface area (Å²) in [7, 11) is 0. The Labute approximate surface area is 96.0 Å². The van der Waals surface area contributed by atoms with Gasteiger partial charge in [-0.1, -0.05) is 28.5 Å². The maximum atomic E-state index is 5.95. The number of hydrogen-bond donors (Lipinski definition) is 0. The molecule has 4 nitrogen and oxygen atoms in total. The molecule has 0 saturated heterocycles. The Balaban J connectivity index is 2.02. The van der Waals surface area contributed by atoms with Gasteiger partial charge in [0.1, 0.15) is 5.03 Å². The summed E-state index contributed by atoms with van der Waals surface area (Å²) < 4.78 is 4.97. The van der Waals surface area contributed by atoms with E-state index < -0.39 is 0 Å². The molecule has 0 atom stereocenters.